The number of amides is 2. The number of hydrogen-bond acceptors (Lipinski definition) is 3. The standard InChI is InChI=1S/C18H20N2O3/c21-17(15-5-1-2-6-15)19-11-3-4-14-7-9-16(10-8-14)20-12-13-23-18(20)22/h7-10,15H,1-2,5-6,11-13H2,(H,19,21). The predicted molar refractivity (Wildman–Crippen MR) is 87.0 cm³/mol. The minimum atomic E-state index is -0.307. The summed E-state index contributed by atoms with van der Waals surface area (Å²) >= 11 is 0. The van der Waals surface area contributed by atoms with Gasteiger partial charge in [0.25, 0.3) is 0 Å². The van der Waals surface area contributed by atoms with Crippen LogP contribution in [0.2, 0.25) is 0 Å². The summed E-state index contributed by atoms with van der Waals surface area (Å²) in [5.41, 5.74) is 1.67. The van der Waals surface area contributed by atoms with Crippen molar-refractivity contribution in [1.82, 2.24) is 5.32 Å². The zero-order valence-corrected chi connectivity index (χ0v) is 13.0. The topological polar surface area (TPSA) is 58.6 Å². The molecule has 5 heteroatoms. The predicted octanol–water partition coefficient (Wildman–Crippen LogP) is 2.30. The first-order valence-corrected chi connectivity index (χ1v) is 8.05. The van der Waals surface area contributed by atoms with E-state index in [1.165, 1.54) is 0 Å². The monoisotopic (exact) mass is 312 g/mol. The van der Waals surface area contributed by atoms with Gasteiger partial charge in [0.05, 0.1) is 13.1 Å². The number of nitrogens with zero attached hydrogens (tertiary/aromatic N) is 1. The molecule has 1 aromatic rings. The minimum absolute atomic E-state index is 0.125. The molecule has 1 saturated carbocycles. The van der Waals surface area contributed by atoms with E-state index in [2.05, 4.69) is 17.2 Å². The van der Waals surface area contributed by atoms with Crippen molar-refractivity contribution < 1.29 is 14.3 Å². The molecule has 0 atom stereocenters. The first kappa shape index (κ1) is 15.4. The lowest BCUT2D eigenvalue weighted by Gasteiger charge is -2.12. The number of rotatable bonds is 3. The lowest BCUT2D eigenvalue weighted by molar-refractivity contribution is -0.124. The summed E-state index contributed by atoms with van der Waals surface area (Å²) in [4.78, 5) is 24.9. The van der Waals surface area contributed by atoms with Crippen LogP contribution in [0, 0.1) is 17.8 Å². The van der Waals surface area contributed by atoms with Gasteiger partial charge in [0.15, 0.2) is 0 Å². The van der Waals surface area contributed by atoms with E-state index in [4.69, 9.17) is 4.74 Å². The van der Waals surface area contributed by atoms with E-state index in [1.807, 2.05) is 24.3 Å². The van der Waals surface area contributed by atoms with Gasteiger partial charge in [-0.2, -0.15) is 0 Å². The van der Waals surface area contributed by atoms with Gasteiger partial charge < -0.3 is 10.1 Å². The molecule has 2 aliphatic rings. The van der Waals surface area contributed by atoms with Crippen LogP contribution < -0.4 is 10.2 Å². The minimum Gasteiger partial charge on any atom is -0.447 e. The Bertz CT molecular complexity index is 636. The summed E-state index contributed by atoms with van der Waals surface area (Å²) in [6.07, 6.45) is 4.00. The Balaban J connectivity index is 1.50. The lowest BCUT2D eigenvalue weighted by Crippen LogP contribution is -2.29. The molecule has 5 nitrogen and oxygen atoms in total. The Morgan fingerprint density at radius 2 is 2.00 bits per heavy atom. The van der Waals surface area contributed by atoms with Crippen LogP contribution in [0.5, 0.6) is 0 Å². The number of hydrogen-bond donors (Lipinski definition) is 1. The second-order valence-electron chi connectivity index (χ2n) is 5.81. The summed E-state index contributed by atoms with van der Waals surface area (Å²) in [6, 6.07) is 7.45. The quantitative estimate of drug-likeness (QED) is 0.871. The molecule has 2 fully saturated rings. The second-order valence-corrected chi connectivity index (χ2v) is 5.81. The van der Waals surface area contributed by atoms with Crippen molar-refractivity contribution in [2.75, 3.05) is 24.6 Å². The fourth-order valence-corrected chi connectivity index (χ4v) is 2.96. The first-order valence-electron chi connectivity index (χ1n) is 8.05. The Hall–Kier alpha value is -2.48. The van der Waals surface area contributed by atoms with Gasteiger partial charge in [0, 0.05) is 17.2 Å². The van der Waals surface area contributed by atoms with Crippen molar-refractivity contribution in [3.63, 3.8) is 0 Å². The average molecular weight is 312 g/mol. The SMILES string of the molecule is O=C(NCC#Cc1ccc(N2CCOC2=O)cc1)C1CCCC1. The molecule has 1 aliphatic heterocycles. The smallest absolute Gasteiger partial charge is 0.414 e. The van der Waals surface area contributed by atoms with E-state index < -0.39 is 0 Å². The van der Waals surface area contributed by atoms with Crippen LogP contribution in [0.3, 0.4) is 0 Å². The van der Waals surface area contributed by atoms with Crippen molar-refractivity contribution in [2.24, 2.45) is 5.92 Å². The molecule has 1 heterocycles. The van der Waals surface area contributed by atoms with Crippen molar-refractivity contribution in [2.45, 2.75) is 25.7 Å². The van der Waals surface area contributed by atoms with E-state index in [0.29, 0.717) is 19.7 Å². The van der Waals surface area contributed by atoms with Crippen molar-refractivity contribution >= 4 is 17.7 Å². The molecule has 0 spiro atoms. The van der Waals surface area contributed by atoms with Crippen molar-refractivity contribution in [3.8, 4) is 11.8 Å². The molecule has 0 bridgehead atoms. The van der Waals surface area contributed by atoms with Crippen LogP contribution in [-0.4, -0.2) is 31.7 Å². The van der Waals surface area contributed by atoms with Crippen LogP contribution in [-0.2, 0) is 9.53 Å². The molecule has 0 aromatic heterocycles. The highest BCUT2D eigenvalue weighted by molar-refractivity contribution is 5.89. The van der Waals surface area contributed by atoms with Crippen molar-refractivity contribution in [1.29, 1.82) is 0 Å². The van der Waals surface area contributed by atoms with Crippen LogP contribution in [0.25, 0.3) is 0 Å². The van der Waals surface area contributed by atoms with Gasteiger partial charge in [-0.15, -0.1) is 0 Å². The third kappa shape index (κ3) is 3.84. The second kappa shape index (κ2) is 7.19. The highest BCUT2D eigenvalue weighted by atomic mass is 16.6. The summed E-state index contributed by atoms with van der Waals surface area (Å²) in [6.45, 7) is 1.38. The molecule has 0 unspecified atom stereocenters. The fraction of sp³-hybridized carbons (Fsp3) is 0.444. The third-order valence-electron chi connectivity index (χ3n) is 4.25. The number of nitrogens with one attached hydrogen (secondary N) is 1. The Morgan fingerprint density at radius 1 is 1.26 bits per heavy atom. The molecule has 1 saturated heterocycles. The zero-order valence-electron chi connectivity index (χ0n) is 13.0. The van der Waals surface area contributed by atoms with Crippen LogP contribution >= 0.6 is 0 Å². The van der Waals surface area contributed by atoms with Gasteiger partial charge in [-0.05, 0) is 37.1 Å². The number of anilines is 1. The van der Waals surface area contributed by atoms with E-state index in [1.54, 1.807) is 4.90 Å². The maximum atomic E-state index is 11.9. The van der Waals surface area contributed by atoms with Crippen LogP contribution in [0.1, 0.15) is 31.2 Å². The van der Waals surface area contributed by atoms with Crippen LogP contribution in [0.4, 0.5) is 10.5 Å². The summed E-state index contributed by atoms with van der Waals surface area (Å²) in [7, 11) is 0. The molecular weight excluding hydrogens is 292 g/mol. The first-order chi connectivity index (χ1) is 11.2. The molecule has 23 heavy (non-hydrogen) atoms. The van der Waals surface area contributed by atoms with Gasteiger partial charge in [-0.3, -0.25) is 9.69 Å². The van der Waals surface area contributed by atoms with Gasteiger partial charge in [0.1, 0.15) is 6.61 Å². The molecular formula is C18H20N2O3. The molecule has 120 valence electrons. The molecule has 0 radical (unpaired) electrons. The Labute approximate surface area is 136 Å². The zero-order chi connectivity index (χ0) is 16.1. The van der Waals surface area contributed by atoms with E-state index in [9.17, 15) is 9.59 Å². The molecule has 1 aromatic carbocycles. The number of benzene rings is 1. The molecule has 1 N–H and O–H groups in total. The number of ether oxygens (including phenoxy) is 1. The Kier molecular flexibility index (Phi) is 4.82. The van der Waals surface area contributed by atoms with Crippen LogP contribution in [0.15, 0.2) is 24.3 Å². The maximum Gasteiger partial charge on any atom is 0.414 e. The van der Waals surface area contributed by atoms with Gasteiger partial charge in [-0.25, -0.2) is 4.79 Å². The highest BCUT2D eigenvalue weighted by Gasteiger charge is 2.23. The molecule has 3 rings (SSSR count). The van der Waals surface area contributed by atoms with E-state index in [-0.39, 0.29) is 17.9 Å². The average Bonchev–Trinajstić information content (AvgIpc) is 3.23. The number of carbonyl (C=O) groups is 2. The fourth-order valence-electron chi connectivity index (χ4n) is 2.96. The summed E-state index contributed by atoms with van der Waals surface area (Å²) < 4.78 is 4.91. The lowest BCUT2D eigenvalue weighted by atomic mass is 10.1. The van der Waals surface area contributed by atoms with Gasteiger partial charge in [0.2, 0.25) is 5.91 Å². The summed E-state index contributed by atoms with van der Waals surface area (Å²) in [5, 5.41) is 2.87. The molecule has 2 amide bonds. The largest absolute Gasteiger partial charge is 0.447 e. The highest BCUT2D eigenvalue weighted by Crippen LogP contribution is 2.24. The van der Waals surface area contributed by atoms with E-state index >= 15 is 0 Å². The maximum absolute atomic E-state index is 11.9. The Morgan fingerprint density at radius 3 is 2.65 bits per heavy atom. The summed E-state index contributed by atoms with van der Waals surface area (Å²) in [5.74, 6) is 6.29. The number of cyclic esters (lactones) is 1. The third-order valence-corrected chi connectivity index (χ3v) is 4.25. The van der Waals surface area contributed by atoms with Gasteiger partial charge >= 0.3 is 6.09 Å². The normalized spacial score (nSPS) is 17.6. The van der Waals surface area contributed by atoms with Crippen molar-refractivity contribution in [3.05, 3.63) is 29.8 Å². The number of carbonyl (C=O) groups excluding carboxylic acids is 2. The van der Waals surface area contributed by atoms with Gasteiger partial charge in [-0.1, -0.05) is 24.7 Å². The van der Waals surface area contributed by atoms with E-state index in [0.717, 1.165) is 36.9 Å². The molecule has 1 aliphatic carbocycles.